The van der Waals surface area contributed by atoms with Gasteiger partial charge >= 0.3 is 0 Å². The van der Waals surface area contributed by atoms with Crippen LogP contribution in [0.2, 0.25) is 0 Å². The van der Waals surface area contributed by atoms with Crippen LogP contribution < -0.4 is 14.9 Å². The second-order valence-electron chi connectivity index (χ2n) is 7.30. The molecule has 0 bridgehead atoms. The number of amides is 1. The average Bonchev–Trinajstić information content (AvgIpc) is 3.30. The molecule has 0 aliphatic heterocycles. The molecule has 1 amide bonds. The van der Waals surface area contributed by atoms with Gasteiger partial charge in [0, 0.05) is 6.07 Å². The third-order valence-corrected chi connectivity index (χ3v) is 5.10. The van der Waals surface area contributed by atoms with E-state index in [0.717, 1.165) is 6.42 Å². The lowest BCUT2D eigenvalue weighted by Crippen LogP contribution is -2.24. The minimum Gasteiger partial charge on any atom is -0.496 e. The number of benzene rings is 2. The lowest BCUT2D eigenvalue weighted by atomic mass is 9.99. The predicted octanol–water partition coefficient (Wildman–Crippen LogP) is 4.91. The minimum atomic E-state index is -0.499. The quantitative estimate of drug-likeness (QED) is 0.266. The maximum Gasteiger partial charge on any atom is 0.277 e. The Labute approximate surface area is 191 Å². The van der Waals surface area contributed by atoms with Crippen molar-refractivity contribution in [3.05, 3.63) is 76.0 Å². The first kappa shape index (κ1) is 23.5. The molecule has 3 aromatic rings. The maximum absolute atomic E-state index is 12.0. The number of non-ortho nitro benzene ring substituents is 1. The number of carbonyl (C=O) groups excluding carboxylic acids is 1. The maximum atomic E-state index is 12.0. The van der Waals surface area contributed by atoms with Gasteiger partial charge in [-0.2, -0.15) is 5.10 Å². The first-order valence-electron chi connectivity index (χ1n) is 10.4. The number of nitrogens with zero attached hydrogens (tertiary/aromatic N) is 2. The van der Waals surface area contributed by atoms with Crippen LogP contribution in [0.1, 0.15) is 37.5 Å². The highest BCUT2D eigenvalue weighted by atomic mass is 16.6. The molecule has 0 saturated carbocycles. The largest absolute Gasteiger partial charge is 0.496 e. The number of hydrazone groups is 1. The van der Waals surface area contributed by atoms with E-state index in [1.54, 1.807) is 18.2 Å². The summed E-state index contributed by atoms with van der Waals surface area (Å²) in [7, 11) is 1.42. The predicted molar refractivity (Wildman–Crippen MR) is 124 cm³/mol. The lowest BCUT2D eigenvalue weighted by Gasteiger charge is -2.10. The smallest absolute Gasteiger partial charge is 0.277 e. The zero-order valence-electron chi connectivity index (χ0n) is 18.6. The summed E-state index contributed by atoms with van der Waals surface area (Å²) in [6, 6.07) is 15.2. The normalized spacial score (nSPS) is 11.8. The monoisotopic (exact) mass is 451 g/mol. The van der Waals surface area contributed by atoms with Crippen molar-refractivity contribution in [1.82, 2.24) is 5.43 Å². The summed E-state index contributed by atoms with van der Waals surface area (Å²) in [6.07, 6.45) is 2.40. The van der Waals surface area contributed by atoms with E-state index in [-0.39, 0.29) is 12.3 Å². The molecule has 0 aliphatic carbocycles. The number of furan rings is 1. The van der Waals surface area contributed by atoms with Crippen molar-refractivity contribution in [1.29, 1.82) is 0 Å². The number of carbonyl (C=O) groups is 1. The highest BCUT2D eigenvalue weighted by molar-refractivity contribution is 5.82. The van der Waals surface area contributed by atoms with Gasteiger partial charge in [0.1, 0.15) is 23.0 Å². The molecule has 1 aromatic heterocycles. The Morgan fingerprint density at radius 1 is 1.21 bits per heavy atom. The van der Waals surface area contributed by atoms with Crippen LogP contribution in [0.4, 0.5) is 5.69 Å². The van der Waals surface area contributed by atoms with Crippen LogP contribution in [0, 0.1) is 10.1 Å². The van der Waals surface area contributed by atoms with Gasteiger partial charge in [-0.25, -0.2) is 5.43 Å². The molecule has 33 heavy (non-hydrogen) atoms. The SMILES string of the molecule is CCC(C)c1ccc(OCC(=O)NN=Cc2ccc(-c3ccc([N+](=O)[O-])cc3OC)o2)cc1. The van der Waals surface area contributed by atoms with E-state index in [9.17, 15) is 14.9 Å². The van der Waals surface area contributed by atoms with E-state index in [0.29, 0.717) is 34.5 Å². The third-order valence-electron chi connectivity index (χ3n) is 5.10. The fourth-order valence-corrected chi connectivity index (χ4v) is 3.04. The van der Waals surface area contributed by atoms with Gasteiger partial charge in [0.15, 0.2) is 6.61 Å². The van der Waals surface area contributed by atoms with Crippen LogP contribution in [0.3, 0.4) is 0 Å². The van der Waals surface area contributed by atoms with Crippen molar-refractivity contribution in [2.75, 3.05) is 13.7 Å². The highest BCUT2D eigenvalue weighted by Gasteiger charge is 2.15. The van der Waals surface area contributed by atoms with Gasteiger partial charge in [-0.3, -0.25) is 14.9 Å². The number of rotatable bonds is 10. The van der Waals surface area contributed by atoms with Gasteiger partial charge < -0.3 is 13.9 Å². The van der Waals surface area contributed by atoms with Crippen molar-refractivity contribution in [2.24, 2.45) is 5.10 Å². The van der Waals surface area contributed by atoms with Gasteiger partial charge in [-0.05, 0) is 48.2 Å². The van der Waals surface area contributed by atoms with Crippen molar-refractivity contribution >= 4 is 17.8 Å². The summed E-state index contributed by atoms with van der Waals surface area (Å²) in [5.74, 6) is 1.80. The summed E-state index contributed by atoms with van der Waals surface area (Å²) in [4.78, 5) is 22.4. The molecule has 172 valence electrons. The Bertz CT molecular complexity index is 1140. The van der Waals surface area contributed by atoms with Crippen LogP contribution in [0.5, 0.6) is 11.5 Å². The first-order chi connectivity index (χ1) is 15.9. The molecule has 0 radical (unpaired) electrons. The molecule has 0 saturated heterocycles. The number of methoxy groups -OCH3 is 1. The highest BCUT2D eigenvalue weighted by Crippen LogP contribution is 2.34. The molecule has 2 aromatic carbocycles. The van der Waals surface area contributed by atoms with Crippen LogP contribution >= 0.6 is 0 Å². The second-order valence-corrected chi connectivity index (χ2v) is 7.30. The molecule has 0 spiro atoms. The van der Waals surface area contributed by atoms with Gasteiger partial charge in [0.05, 0.1) is 29.9 Å². The zero-order chi connectivity index (χ0) is 23.8. The number of nitro groups is 1. The number of nitrogens with one attached hydrogen (secondary N) is 1. The first-order valence-corrected chi connectivity index (χ1v) is 10.4. The van der Waals surface area contributed by atoms with Crippen LogP contribution in [0.15, 0.2) is 64.1 Å². The van der Waals surface area contributed by atoms with Crippen LogP contribution in [0.25, 0.3) is 11.3 Å². The van der Waals surface area contributed by atoms with E-state index < -0.39 is 10.8 Å². The molecule has 1 N–H and O–H groups in total. The molecular weight excluding hydrogens is 426 g/mol. The number of hydrogen-bond donors (Lipinski definition) is 1. The van der Waals surface area contributed by atoms with Gasteiger partial charge in [-0.15, -0.1) is 0 Å². The standard InChI is InChI=1S/C24H25N3O6/c1-4-16(2)17-5-8-19(9-6-17)32-15-24(28)26-25-14-20-10-12-22(33-20)21-11-7-18(27(29)30)13-23(21)31-3/h5-14,16H,4,15H2,1-3H3,(H,26,28). The van der Waals surface area contributed by atoms with Crippen molar-refractivity contribution in [3.63, 3.8) is 0 Å². The van der Waals surface area contributed by atoms with Crippen molar-refractivity contribution < 1.29 is 23.6 Å². The molecular formula is C24H25N3O6. The van der Waals surface area contributed by atoms with Gasteiger partial charge in [0.25, 0.3) is 11.6 Å². The van der Waals surface area contributed by atoms with E-state index >= 15 is 0 Å². The second kappa shape index (κ2) is 10.9. The summed E-state index contributed by atoms with van der Waals surface area (Å²) in [6.45, 7) is 4.12. The van der Waals surface area contributed by atoms with Gasteiger partial charge in [-0.1, -0.05) is 26.0 Å². The Kier molecular flexibility index (Phi) is 7.80. The fourth-order valence-electron chi connectivity index (χ4n) is 3.04. The molecule has 1 heterocycles. The molecule has 3 rings (SSSR count). The molecule has 9 nitrogen and oxygen atoms in total. The fraction of sp³-hybridized carbons (Fsp3) is 0.250. The summed E-state index contributed by atoms with van der Waals surface area (Å²) >= 11 is 0. The van der Waals surface area contributed by atoms with Crippen LogP contribution in [-0.2, 0) is 4.79 Å². The molecule has 0 aliphatic rings. The summed E-state index contributed by atoms with van der Waals surface area (Å²) in [5, 5.41) is 14.8. The molecule has 0 fully saturated rings. The summed E-state index contributed by atoms with van der Waals surface area (Å²) < 4.78 is 16.4. The van der Waals surface area contributed by atoms with Gasteiger partial charge in [0.2, 0.25) is 0 Å². The van der Waals surface area contributed by atoms with Crippen LogP contribution in [-0.4, -0.2) is 30.8 Å². The molecule has 1 unspecified atom stereocenters. The Balaban J connectivity index is 1.54. The molecule has 9 heteroatoms. The summed E-state index contributed by atoms with van der Waals surface area (Å²) in [5.41, 5.74) is 4.07. The van der Waals surface area contributed by atoms with E-state index in [4.69, 9.17) is 13.9 Å². The van der Waals surface area contributed by atoms with Crippen molar-refractivity contribution in [2.45, 2.75) is 26.2 Å². The third kappa shape index (κ3) is 6.19. The Morgan fingerprint density at radius 2 is 1.97 bits per heavy atom. The van der Waals surface area contributed by atoms with E-state index in [1.807, 2.05) is 24.3 Å². The Morgan fingerprint density at radius 3 is 2.64 bits per heavy atom. The van der Waals surface area contributed by atoms with Crippen molar-refractivity contribution in [3.8, 4) is 22.8 Å². The number of nitro benzene ring substituents is 1. The average molecular weight is 451 g/mol. The minimum absolute atomic E-state index is 0.0830. The lowest BCUT2D eigenvalue weighted by molar-refractivity contribution is -0.384. The zero-order valence-corrected chi connectivity index (χ0v) is 18.6. The Hall–Kier alpha value is -4.14. The number of ether oxygens (including phenoxy) is 2. The molecule has 1 atom stereocenters. The topological polar surface area (TPSA) is 116 Å². The number of hydrogen-bond acceptors (Lipinski definition) is 7. The van der Waals surface area contributed by atoms with E-state index in [2.05, 4.69) is 24.4 Å². The van der Waals surface area contributed by atoms with E-state index in [1.165, 1.54) is 31.0 Å².